The minimum atomic E-state index is -0.391. The molecule has 0 saturated heterocycles. The molecule has 2 atom stereocenters. The Kier molecular flexibility index (Phi) is 6.81. The Hall–Kier alpha value is -4.51. The molecule has 1 aliphatic carbocycles. The Morgan fingerprint density at radius 3 is 2.62 bits per heavy atom. The fourth-order valence-electron chi connectivity index (χ4n) is 5.24. The van der Waals surface area contributed by atoms with Gasteiger partial charge in [-0.2, -0.15) is 0 Å². The van der Waals surface area contributed by atoms with E-state index >= 15 is 0 Å². The highest BCUT2D eigenvalue weighted by Crippen LogP contribution is 2.47. The van der Waals surface area contributed by atoms with E-state index in [4.69, 9.17) is 4.74 Å². The van der Waals surface area contributed by atoms with Crippen LogP contribution in [0.1, 0.15) is 48.0 Å². The fraction of sp³-hybridized carbons (Fsp3) is 0.276. The minimum Gasteiger partial charge on any atom is -0.439 e. The van der Waals surface area contributed by atoms with Crippen molar-refractivity contribution < 1.29 is 19.1 Å². The maximum Gasteiger partial charge on any atom is 0.331 e. The molecular weight excluding hydrogens is 528 g/mol. The molecule has 0 bridgehead atoms. The van der Waals surface area contributed by atoms with Gasteiger partial charge in [-0.15, -0.1) is 11.3 Å². The zero-order chi connectivity index (χ0) is 27.8. The number of thiophene rings is 1. The van der Waals surface area contributed by atoms with Crippen molar-refractivity contribution >= 4 is 56.5 Å². The Labute approximate surface area is 234 Å². The van der Waals surface area contributed by atoms with Gasteiger partial charge in [0.25, 0.3) is 5.91 Å². The number of nitrogens with one attached hydrogen (secondary N) is 3. The normalized spacial score (nSPS) is 17.9. The van der Waals surface area contributed by atoms with Crippen LogP contribution < -0.4 is 25.6 Å². The molecule has 10 nitrogen and oxygen atoms in total. The van der Waals surface area contributed by atoms with Gasteiger partial charge in [-0.25, -0.2) is 14.8 Å². The zero-order valence-corrected chi connectivity index (χ0v) is 22.9. The first-order valence-corrected chi connectivity index (χ1v) is 14.1. The van der Waals surface area contributed by atoms with Crippen molar-refractivity contribution in [1.29, 1.82) is 0 Å². The van der Waals surface area contributed by atoms with Gasteiger partial charge in [0.05, 0.1) is 28.1 Å². The van der Waals surface area contributed by atoms with Crippen LogP contribution in [0.3, 0.4) is 0 Å². The molecule has 1 saturated carbocycles. The third-order valence-corrected chi connectivity index (χ3v) is 8.22. The summed E-state index contributed by atoms with van der Waals surface area (Å²) in [6, 6.07) is 14.1. The number of nitrogens with zero attached hydrogens (tertiary/aromatic N) is 3. The fourth-order valence-corrected chi connectivity index (χ4v) is 6.30. The first-order valence-electron chi connectivity index (χ1n) is 13.2. The molecule has 40 heavy (non-hydrogen) atoms. The molecule has 11 heteroatoms. The summed E-state index contributed by atoms with van der Waals surface area (Å²) in [6.07, 6.45) is 4.28. The van der Waals surface area contributed by atoms with E-state index in [0.29, 0.717) is 62.3 Å². The zero-order valence-electron chi connectivity index (χ0n) is 22.1. The first-order chi connectivity index (χ1) is 19.4. The smallest absolute Gasteiger partial charge is 0.331 e. The van der Waals surface area contributed by atoms with Gasteiger partial charge in [-0.3, -0.25) is 14.5 Å². The lowest BCUT2D eigenvalue weighted by molar-refractivity contribution is -0.121. The lowest BCUT2D eigenvalue weighted by Gasteiger charge is -2.29. The molecular formula is C29H28N6O4S. The van der Waals surface area contributed by atoms with Gasteiger partial charge >= 0.3 is 6.03 Å². The first kappa shape index (κ1) is 25.8. The third-order valence-electron chi connectivity index (χ3n) is 7.13. The predicted octanol–water partition coefficient (Wildman–Crippen LogP) is 5.65. The molecule has 0 spiro atoms. The average Bonchev–Trinajstić information content (AvgIpc) is 3.55. The topological polar surface area (TPSA) is 126 Å². The number of amides is 4. The number of benzene rings is 1. The standard InChI is InChI=1S/C29H28N6O4S/c1-3-22(36)32-17-9-10-18(15-17)33-27(37)26-25-24-20(13-14-30-28(24)40-26)34-29(38)35(25)21-11-12-23(31-16(21)2)39-19-7-5-4-6-8-19/h4-8,11-14,17-18H,3,9-10,15H2,1-2H3,(H,32,36)(H,33,37)(H,34,38)/t17-,18-/m0/s1. The van der Waals surface area contributed by atoms with Crippen LogP contribution in [0.5, 0.6) is 11.6 Å². The lowest BCUT2D eigenvalue weighted by atomic mass is 10.1. The van der Waals surface area contributed by atoms with Crippen LogP contribution in [0.15, 0.2) is 54.7 Å². The molecule has 3 N–H and O–H groups in total. The number of aromatic nitrogens is 2. The SMILES string of the molecule is CCC(=O)N[C@H]1CC[C@H](NC(=O)c2sc3nccc4c3c2N(c2ccc(Oc3ccccc3)nc2C)C(=O)N4)C1. The highest BCUT2D eigenvalue weighted by Gasteiger charge is 2.36. The summed E-state index contributed by atoms with van der Waals surface area (Å²) in [5.74, 6) is 0.784. The number of hydrogen-bond donors (Lipinski definition) is 3. The van der Waals surface area contributed by atoms with Crippen LogP contribution in [0.25, 0.3) is 10.2 Å². The molecule has 204 valence electrons. The van der Waals surface area contributed by atoms with Gasteiger partial charge < -0.3 is 20.7 Å². The molecule has 4 heterocycles. The number of hydrogen-bond acceptors (Lipinski definition) is 7. The number of urea groups is 1. The van der Waals surface area contributed by atoms with Crippen molar-refractivity contribution in [3.05, 3.63) is 65.3 Å². The van der Waals surface area contributed by atoms with Gasteiger partial charge in [0.1, 0.15) is 15.5 Å². The third kappa shape index (κ3) is 4.84. The summed E-state index contributed by atoms with van der Waals surface area (Å²) >= 11 is 1.25. The second-order valence-corrected chi connectivity index (χ2v) is 10.9. The molecule has 0 unspecified atom stereocenters. The van der Waals surface area contributed by atoms with E-state index in [-0.39, 0.29) is 23.9 Å². The average molecular weight is 557 g/mol. The molecule has 1 aromatic carbocycles. The molecule has 3 aromatic heterocycles. The van der Waals surface area contributed by atoms with Gasteiger partial charge in [-0.1, -0.05) is 25.1 Å². The second kappa shape index (κ2) is 10.6. The number of para-hydroxylation sites is 1. The van der Waals surface area contributed by atoms with Crippen molar-refractivity contribution in [2.24, 2.45) is 0 Å². The van der Waals surface area contributed by atoms with Crippen LogP contribution in [-0.2, 0) is 4.79 Å². The minimum absolute atomic E-state index is 0.00957. The summed E-state index contributed by atoms with van der Waals surface area (Å²) in [4.78, 5) is 50.6. The van der Waals surface area contributed by atoms with Crippen LogP contribution in [0.4, 0.5) is 21.9 Å². The van der Waals surface area contributed by atoms with E-state index in [1.807, 2.05) is 37.3 Å². The van der Waals surface area contributed by atoms with Crippen LogP contribution >= 0.6 is 11.3 Å². The van der Waals surface area contributed by atoms with Crippen molar-refractivity contribution in [3.8, 4) is 11.6 Å². The Bertz CT molecular complexity index is 1620. The number of carbonyl (C=O) groups excluding carboxylic acids is 3. The number of aryl methyl sites for hydroxylation is 1. The van der Waals surface area contributed by atoms with Crippen LogP contribution in [0.2, 0.25) is 0 Å². The monoisotopic (exact) mass is 556 g/mol. The van der Waals surface area contributed by atoms with Gasteiger partial charge in [-0.05, 0) is 50.5 Å². The van der Waals surface area contributed by atoms with Gasteiger partial charge in [0.15, 0.2) is 0 Å². The lowest BCUT2D eigenvalue weighted by Crippen LogP contribution is -2.38. The number of carbonyl (C=O) groups is 3. The Morgan fingerprint density at radius 1 is 1.10 bits per heavy atom. The van der Waals surface area contributed by atoms with Crippen molar-refractivity contribution in [2.45, 2.75) is 51.6 Å². The summed E-state index contributed by atoms with van der Waals surface area (Å²) in [5.41, 5.74) is 2.19. The number of rotatable bonds is 7. The summed E-state index contributed by atoms with van der Waals surface area (Å²) < 4.78 is 5.87. The maximum absolute atomic E-state index is 13.7. The van der Waals surface area contributed by atoms with E-state index < -0.39 is 6.03 Å². The van der Waals surface area contributed by atoms with E-state index in [1.165, 1.54) is 16.2 Å². The van der Waals surface area contributed by atoms with Crippen LogP contribution in [0, 0.1) is 6.92 Å². The summed E-state index contributed by atoms with van der Waals surface area (Å²) in [6.45, 7) is 3.62. The molecule has 2 aliphatic rings. The van der Waals surface area contributed by atoms with E-state index in [1.54, 1.807) is 31.3 Å². The molecule has 0 radical (unpaired) electrons. The summed E-state index contributed by atoms with van der Waals surface area (Å²) in [5, 5.41) is 9.79. The Balaban J connectivity index is 1.32. The van der Waals surface area contributed by atoms with Crippen LogP contribution in [-0.4, -0.2) is 39.9 Å². The summed E-state index contributed by atoms with van der Waals surface area (Å²) in [7, 11) is 0. The van der Waals surface area contributed by atoms with Gasteiger partial charge in [0.2, 0.25) is 11.8 Å². The number of pyridine rings is 2. The quantitative estimate of drug-likeness (QED) is 0.270. The van der Waals surface area contributed by atoms with Crippen molar-refractivity contribution in [1.82, 2.24) is 20.6 Å². The van der Waals surface area contributed by atoms with E-state index in [2.05, 4.69) is 25.9 Å². The molecule has 1 aliphatic heterocycles. The number of anilines is 3. The second-order valence-electron chi connectivity index (χ2n) is 9.85. The molecule has 1 fully saturated rings. The van der Waals surface area contributed by atoms with Gasteiger partial charge in [0, 0.05) is 30.8 Å². The maximum atomic E-state index is 13.7. The largest absolute Gasteiger partial charge is 0.439 e. The highest BCUT2D eigenvalue weighted by atomic mass is 32.1. The van der Waals surface area contributed by atoms with Crippen molar-refractivity contribution in [3.63, 3.8) is 0 Å². The predicted molar refractivity (Wildman–Crippen MR) is 154 cm³/mol. The highest BCUT2D eigenvalue weighted by molar-refractivity contribution is 7.21. The van der Waals surface area contributed by atoms with Crippen molar-refractivity contribution in [2.75, 3.05) is 10.2 Å². The number of ether oxygens (including phenoxy) is 1. The molecule has 6 rings (SSSR count). The van der Waals surface area contributed by atoms with E-state index in [9.17, 15) is 14.4 Å². The Morgan fingerprint density at radius 2 is 1.88 bits per heavy atom. The molecule has 4 amide bonds. The van der Waals surface area contributed by atoms with E-state index in [0.717, 1.165) is 12.8 Å². The molecule has 4 aromatic rings.